The second-order valence-electron chi connectivity index (χ2n) is 4.15. The molecule has 0 unspecified atom stereocenters. The van der Waals surface area contributed by atoms with Gasteiger partial charge < -0.3 is 9.16 Å². The Labute approximate surface area is 107 Å². The number of rotatable bonds is 9. The quantitative estimate of drug-likeness (QED) is 0.495. The molecule has 95 valence electrons. The Morgan fingerprint density at radius 1 is 1.12 bits per heavy atom. The van der Waals surface area contributed by atoms with Gasteiger partial charge in [0.2, 0.25) is 9.04 Å². The Morgan fingerprint density at radius 3 is 2.53 bits per heavy atom. The first-order chi connectivity index (χ1) is 8.36. The molecular weight excluding hydrogens is 228 g/mol. The summed E-state index contributed by atoms with van der Waals surface area (Å²) in [6, 6.07) is 13.0. The summed E-state index contributed by atoms with van der Waals surface area (Å²) in [5, 5.41) is 0. The normalized spacial score (nSPS) is 11.0. The maximum atomic E-state index is 6.01. The summed E-state index contributed by atoms with van der Waals surface area (Å²) in [4.78, 5) is 0. The van der Waals surface area contributed by atoms with E-state index in [1.807, 2.05) is 0 Å². The molecule has 0 amide bonds. The lowest BCUT2D eigenvalue weighted by Crippen LogP contribution is -2.22. The SMILES string of the molecule is CCC[Si](Cc1ccccc1)OCCCOC. The molecule has 0 heterocycles. The van der Waals surface area contributed by atoms with Gasteiger partial charge in [-0.05, 0) is 24.1 Å². The first kappa shape index (κ1) is 14.4. The largest absolute Gasteiger partial charge is 0.416 e. The highest BCUT2D eigenvalue weighted by Gasteiger charge is 2.12. The summed E-state index contributed by atoms with van der Waals surface area (Å²) < 4.78 is 11.0. The fraction of sp³-hybridized carbons (Fsp3) is 0.571. The second-order valence-corrected chi connectivity index (χ2v) is 6.37. The summed E-state index contributed by atoms with van der Waals surface area (Å²) in [6.45, 7) is 3.87. The Kier molecular flexibility index (Phi) is 7.97. The Hall–Kier alpha value is -0.643. The highest BCUT2D eigenvalue weighted by atomic mass is 28.3. The van der Waals surface area contributed by atoms with Crippen LogP contribution in [-0.4, -0.2) is 29.4 Å². The number of hydrogen-bond acceptors (Lipinski definition) is 2. The van der Waals surface area contributed by atoms with E-state index >= 15 is 0 Å². The minimum absolute atomic E-state index is 0.684. The molecule has 0 bridgehead atoms. The maximum absolute atomic E-state index is 6.01. The molecular formula is C14H23O2Si. The Bertz CT molecular complexity index is 277. The lowest BCUT2D eigenvalue weighted by Gasteiger charge is -2.14. The average Bonchev–Trinajstić information content (AvgIpc) is 2.36. The van der Waals surface area contributed by atoms with Crippen LogP contribution in [0.3, 0.4) is 0 Å². The molecule has 0 aromatic heterocycles. The lowest BCUT2D eigenvalue weighted by molar-refractivity contribution is 0.171. The van der Waals surface area contributed by atoms with Crippen LogP contribution in [-0.2, 0) is 15.2 Å². The van der Waals surface area contributed by atoms with Crippen molar-refractivity contribution in [3.63, 3.8) is 0 Å². The topological polar surface area (TPSA) is 18.5 Å². The molecule has 0 aliphatic heterocycles. The minimum atomic E-state index is -0.684. The molecule has 3 heteroatoms. The zero-order valence-electron chi connectivity index (χ0n) is 10.9. The minimum Gasteiger partial charge on any atom is -0.416 e. The number of benzene rings is 1. The smallest absolute Gasteiger partial charge is 0.215 e. The van der Waals surface area contributed by atoms with Gasteiger partial charge in [-0.1, -0.05) is 43.7 Å². The van der Waals surface area contributed by atoms with Crippen LogP contribution in [0.5, 0.6) is 0 Å². The van der Waals surface area contributed by atoms with Crippen molar-refractivity contribution < 1.29 is 9.16 Å². The predicted molar refractivity (Wildman–Crippen MR) is 73.4 cm³/mol. The van der Waals surface area contributed by atoms with Gasteiger partial charge in [-0.2, -0.15) is 0 Å². The van der Waals surface area contributed by atoms with E-state index in [4.69, 9.17) is 9.16 Å². The Morgan fingerprint density at radius 2 is 1.88 bits per heavy atom. The zero-order valence-corrected chi connectivity index (χ0v) is 11.9. The first-order valence-corrected chi connectivity index (χ1v) is 8.19. The Balaban J connectivity index is 2.32. The van der Waals surface area contributed by atoms with Crippen LogP contribution in [0.15, 0.2) is 30.3 Å². The maximum Gasteiger partial charge on any atom is 0.215 e. The standard InChI is InChI=1S/C14H23O2Si/c1-3-12-17(16-11-7-10-15-2)13-14-8-5-4-6-9-14/h4-6,8-9H,3,7,10-13H2,1-2H3. The molecule has 0 aliphatic rings. The van der Waals surface area contributed by atoms with E-state index in [1.165, 1.54) is 18.0 Å². The van der Waals surface area contributed by atoms with Gasteiger partial charge in [0.15, 0.2) is 0 Å². The third-order valence-electron chi connectivity index (χ3n) is 2.57. The van der Waals surface area contributed by atoms with Crippen molar-refractivity contribution in [3.8, 4) is 0 Å². The number of hydrogen-bond donors (Lipinski definition) is 0. The van der Waals surface area contributed by atoms with Crippen LogP contribution < -0.4 is 0 Å². The van der Waals surface area contributed by atoms with E-state index in [0.29, 0.717) is 0 Å². The molecule has 0 atom stereocenters. The van der Waals surface area contributed by atoms with Gasteiger partial charge in [0.25, 0.3) is 0 Å². The van der Waals surface area contributed by atoms with Gasteiger partial charge >= 0.3 is 0 Å². The third kappa shape index (κ3) is 6.61. The monoisotopic (exact) mass is 251 g/mol. The van der Waals surface area contributed by atoms with Crippen LogP contribution in [0.25, 0.3) is 0 Å². The van der Waals surface area contributed by atoms with Crippen LogP contribution in [0, 0.1) is 0 Å². The molecule has 0 saturated carbocycles. The lowest BCUT2D eigenvalue weighted by atomic mass is 10.2. The number of ether oxygens (including phenoxy) is 1. The van der Waals surface area contributed by atoms with E-state index < -0.39 is 9.04 Å². The van der Waals surface area contributed by atoms with E-state index in [-0.39, 0.29) is 0 Å². The van der Waals surface area contributed by atoms with Gasteiger partial charge in [-0.25, -0.2) is 0 Å². The van der Waals surface area contributed by atoms with E-state index in [9.17, 15) is 0 Å². The summed E-state index contributed by atoms with van der Waals surface area (Å²) in [5.74, 6) is 0. The second kappa shape index (κ2) is 9.39. The van der Waals surface area contributed by atoms with Gasteiger partial charge in [0, 0.05) is 20.3 Å². The highest BCUT2D eigenvalue weighted by molar-refractivity contribution is 6.51. The molecule has 17 heavy (non-hydrogen) atoms. The van der Waals surface area contributed by atoms with Crippen molar-refractivity contribution in [2.24, 2.45) is 0 Å². The molecule has 1 aromatic rings. The average molecular weight is 251 g/mol. The fourth-order valence-corrected chi connectivity index (χ4v) is 3.84. The predicted octanol–water partition coefficient (Wildman–Crippen LogP) is 3.22. The van der Waals surface area contributed by atoms with E-state index in [1.54, 1.807) is 7.11 Å². The molecule has 1 radical (unpaired) electrons. The summed E-state index contributed by atoms with van der Waals surface area (Å²) in [6.07, 6.45) is 2.22. The highest BCUT2D eigenvalue weighted by Crippen LogP contribution is 2.08. The van der Waals surface area contributed by atoms with E-state index in [2.05, 4.69) is 37.3 Å². The molecule has 1 rings (SSSR count). The summed E-state index contributed by atoms with van der Waals surface area (Å²) in [7, 11) is 1.05. The van der Waals surface area contributed by atoms with Gasteiger partial charge in [0.1, 0.15) is 0 Å². The summed E-state index contributed by atoms with van der Waals surface area (Å²) in [5.41, 5.74) is 1.40. The molecule has 0 saturated heterocycles. The summed E-state index contributed by atoms with van der Waals surface area (Å²) >= 11 is 0. The van der Waals surface area contributed by atoms with Crippen molar-refractivity contribution in [2.75, 3.05) is 20.3 Å². The van der Waals surface area contributed by atoms with Crippen molar-refractivity contribution in [1.29, 1.82) is 0 Å². The van der Waals surface area contributed by atoms with Crippen LogP contribution >= 0.6 is 0 Å². The van der Waals surface area contributed by atoms with Gasteiger partial charge in [-0.15, -0.1) is 0 Å². The van der Waals surface area contributed by atoms with Crippen LogP contribution in [0.2, 0.25) is 6.04 Å². The van der Waals surface area contributed by atoms with Crippen molar-refractivity contribution in [2.45, 2.75) is 31.9 Å². The number of methoxy groups -OCH3 is 1. The molecule has 2 nitrogen and oxygen atoms in total. The molecule has 0 aliphatic carbocycles. The van der Waals surface area contributed by atoms with Crippen LogP contribution in [0.4, 0.5) is 0 Å². The zero-order chi connectivity index (χ0) is 12.3. The van der Waals surface area contributed by atoms with E-state index in [0.717, 1.165) is 25.7 Å². The molecule has 0 N–H and O–H groups in total. The van der Waals surface area contributed by atoms with Crippen LogP contribution in [0.1, 0.15) is 25.3 Å². The molecule has 0 spiro atoms. The van der Waals surface area contributed by atoms with Gasteiger partial charge in [0.05, 0.1) is 0 Å². The third-order valence-corrected chi connectivity index (χ3v) is 5.04. The van der Waals surface area contributed by atoms with Gasteiger partial charge in [-0.3, -0.25) is 0 Å². The van der Waals surface area contributed by atoms with Crippen molar-refractivity contribution in [1.82, 2.24) is 0 Å². The molecule has 1 aromatic carbocycles. The molecule has 0 fully saturated rings. The first-order valence-electron chi connectivity index (χ1n) is 6.37. The fourth-order valence-electron chi connectivity index (χ4n) is 1.73. The van der Waals surface area contributed by atoms with Crippen molar-refractivity contribution in [3.05, 3.63) is 35.9 Å². The van der Waals surface area contributed by atoms with Crippen molar-refractivity contribution >= 4 is 9.04 Å².